The standard InChI is InChI=1S/C14H18N4O/c15-18-14-16-12-9-5-4-8-11(12)13(17-14)19-10-6-2-1-3-7-10/h4-5,8-10H,1-3,6-7,15H2,(H,16,17,18). The molecule has 5 heteroatoms. The third-order valence-corrected chi connectivity index (χ3v) is 3.53. The van der Waals surface area contributed by atoms with Gasteiger partial charge in [-0.15, -0.1) is 0 Å². The molecule has 1 heterocycles. The van der Waals surface area contributed by atoms with E-state index < -0.39 is 0 Å². The maximum Gasteiger partial charge on any atom is 0.241 e. The summed E-state index contributed by atoms with van der Waals surface area (Å²) in [5.74, 6) is 6.44. The maximum atomic E-state index is 6.06. The highest BCUT2D eigenvalue weighted by Gasteiger charge is 2.17. The summed E-state index contributed by atoms with van der Waals surface area (Å²) in [6, 6.07) is 7.83. The van der Waals surface area contributed by atoms with Crippen molar-refractivity contribution >= 4 is 16.9 Å². The molecule has 1 saturated carbocycles. The van der Waals surface area contributed by atoms with Gasteiger partial charge < -0.3 is 4.74 Å². The Bertz CT molecular complexity index is 566. The predicted octanol–water partition coefficient (Wildman–Crippen LogP) is 2.63. The van der Waals surface area contributed by atoms with Gasteiger partial charge in [0.05, 0.1) is 10.9 Å². The van der Waals surface area contributed by atoms with E-state index in [1.54, 1.807) is 0 Å². The average Bonchev–Trinajstić information content (AvgIpc) is 2.48. The van der Waals surface area contributed by atoms with Crippen LogP contribution >= 0.6 is 0 Å². The summed E-state index contributed by atoms with van der Waals surface area (Å²) in [4.78, 5) is 8.66. The summed E-state index contributed by atoms with van der Waals surface area (Å²) in [6.45, 7) is 0. The van der Waals surface area contributed by atoms with Crippen LogP contribution < -0.4 is 16.0 Å². The molecule has 1 aromatic carbocycles. The maximum absolute atomic E-state index is 6.06. The predicted molar refractivity (Wildman–Crippen MR) is 74.8 cm³/mol. The largest absolute Gasteiger partial charge is 0.474 e. The number of para-hydroxylation sites is 1. The first kappa shape index (κ1) is 12.2. The summed E-state index contributed by atoms with van der Waals surface area (Å²) in [7, 11) is 0. The molecule has 0 aliphatic heterocycles. The molecule has 19 heavy (non-hydrogen) atoms. The first-order chi connectivity index (χ1) is 9.36. The lowest BCUT2D eigenvalue weighted by Crippen LogP contribution is -2.21. The fourth-order valence-electron chi connectivity index (χ4n) is 2.54. The summed E-state index contributed by atoms with van der Waals surface area (Å²) < 4.78 is 6.06. The Labute approximate surface area is 112 Å². The molecule has 3 N–H and O–H groups in total. The minimum absolute atomic E-state index is 0.262. The van der Waals surface area contributed by atoms with E-state index >= 15 is 0 Å². The van der Waals surface area contributed by atoms with Crippen LogP contribution in [0.4, 0.5) is 5.95 Å². The fourth-order valence-corrected chi connectivity index (χ4v) is 2.54. The van der Waals surface area contributed by atoms with E-state index in [0.29, 0.717) is 11.8 Å². The Hall–Kier alpha value is -1.88. The van der Waals surface area contributed by atoms with E-state index in [4.69, 9.17) is 10.6 Å². The van der Waals surface area contributed by atoms with Crippen LogP contribution in [0.1, 0.15) is 32.1 Å². The van der Waals surface area contributed by atoms with E-state index in [1.165, 1.54) is 19.3 Å². The Morgan fingerprint density at radius 1 is 1.11 bits per heavy atom. The van der Waals surface area contributed by atoms with Crippen LogP contribution in [0.15, 0.2) is 24.3 Å². The Morgan fingerprint density at radius 3 is 2.68 bits per heavy atom. The monoisotopic (exact) mass is 258 g/mol. The lowest BCUT2D eigenvalue weighted by Gasteiger charge is -2.23. The minimum atomic E-state index is 0.262. The van der Waals surface area contributed by atoms with Crippen molar-refractivity contribution in [2.24, 2.45) is 5.84 Å². The second-order valence-corrected chi connectivity index (χ2v) is 4.89. The number of nitrogens with zero attached hydrogens (tertiary/aromatic N) is 2. The van der Waals surface area contributed by atoms with Crippen molar-refractivity contribution in [2.75, 3.05) is 5.43 Å². The van der Waals surface area contributed by atoms with Gasteiger partial charge in [0.2, 0.25) is 11.8 Å². The number of rotatable bonds is 3. The average molecular weight is 258 g/mol. The second kappa shape index (κ2) is 5.40. The zero-order chi connectivity index (χ0) is 13.1. The molecule has 0 bridgehead atoms. The normalized spacial score (nSPS) is 16.5. The number of hydrogen-bond acceptors (Lipinski definition) is 5. The Balaban J connectivity index is 1.95. The molecule has 1 aliphatic rings. The second-order valence-electron chi connectivity index (χ2n) is 4.89. The van der Waals surface area contributed by atoms with Crippen LogP contribution in [0, 0.1) is 0 Å². The number of ether oxygens (including phenoxy) is 1. The number of nitrogens with two attached hydrogens (primary N) is 1. The van der Waals surface area contributed by atoms with Crippen LogP contribution in [0.5, 0.6) is 5.88 Å². The van der Waals surface area contributed by atoms with Crippen LogP contribution in [0.25, 0.3) is 10.9 Å². The molecule has 0 unspecified atom stereocenters. The fraction of sp³-hybridized carbons (Fsp3) is 0.429. The summed E-state index contributed by atoms with van der Waals surface area (Å²) in [5, 5.41) is 0.937. The zero-order valence-electron chi connectivity index (χ0n) is 10.8. The van der Waals surface area contributed by atoms with E-state index in [-0.39, 0.29) is 6.10 Å². The van der Waals surface area contributed by atoms with Gasteiger partial charge in [0.15, 0.2) is 0 Å². The van der Waals surface area contributed by atoms with Gasteiger partial charge in [0.25, 0.3) is 0 Å². The van der Waals surface area contributed by atoms with Gasteiger partial charge >= 0.3 is 0 Å². The van der Waals surface area contributed by atoms with E-state index in [2.05, 4.69) is 15.4 Å². The number of benzene rings is 1. The molecule has 0 radical (unpaired) electrons. The van der Waals surface area contributed by atoms with Crippen molar-refractivity contribution in [2.45, 2.75) is 38.2 Å². The van der Waals surface area contributed by atoms with Crippen molar-refractivity contribution in [1.29, 1.82) is 0 Å². The highest BCUT2D eigenvalue weighted by atomic mass is 16.5. The molecular weight excluding hydrogens is 240 g/mol. The van der Waals surface area contributed by atoms with Gasteiger partial charge in [-0.05, 0) is 37.8 Å². The number of nitrogen functional groups attached to an aromatic ring is 1. The highest BCUT2D eigenvalue weighted by molar-refractivity contribution is 5.84. The highest BCUT2D eigenvalue weighted by Crippen LogP contribution is 2.28. The number of anilines is 1. The molecular formula is C14H18N4O. The van der Waals surface area contributed by atoms with Gasteiger partial charge in [0.1, 0.15) is 6.10 Å². The molecule has 2 aromatic rings. The van der Waals surface area contributed by atoms with Crippen molar-refractivity contribution in [3.63, 3.8) is 0 Å². The van der Waals surface area contributed by atoms with Crippen molar-refractivity contribution in [1.82, 2.24) is 9.97 Å². The third kappa shape index (κ3) is 2.61. The molecule has 0 saturated heterocycles. The molecule has 0 amide bonds. The molecule has 5 nitrogen and oxygen atoms in total. The number of hydrogen-bond donors (Lipinski definition) is 2. The van der Waals surface area contributed by atoms with Crippen molar-refractivity contribution in [3.8, 4) is 5.88 Å². The zero-order valence-corrected chi connectivity index (χ0v) is 10.8. The van der Waals surface area contributed by atoms with Gasteiger partial charge in [-0.3, -0.25) is 5.43 Å². The van der Waals surface area contributed by atoms with Crippen LogP contribution in [-0.4, -0.2) is 16.1 Å². The Kier molecular flexibility index (Phi) is 3.46. The van der Waals surface area contributed by atoms with E-state index in [9.17, 15) is 0 Å². The Morgan fingerprint density at radius 2 is 1.89 bits per heavy atom. The first-order valence-electron chi connectivity index (χ1n) is 6.77. The van der Waals surface area contributed by atoms with Gasteiger partial charge in [-0.1, -0.05) is 18.6 Å². The van der Waals surface area contributed by atoms with Gasteiger partial charge in [-0.25, -0.2) is 10.8 Å². The number of fused-ring (bicyclic) bond motifs is 1. The van der Waals surface area contributed by atoms with Gasteiger partial charge in [0, 0.05) is 0 Å². The lowest BCUT2D eigenvalue weighted by atomic mass is 9.98. The van der Waals surface area contributed by atoms with Crippen LogP contribution in [-0.2, 0) is 0 Å². The molecule has 1 aliphatic carbocycles. The smallest absolute Gasteiger partial charge is 0.241 e. The van der Waals surface area contributed by atoms with Crippen LogP contribution in [0.2, 0.25) is 0 Å². The minimum Gasteiger partial charge on any atom is -0.474 e. The molecule has 1 fully saturated rings. The molecule has 0 atom stereocenters. The SMILES string of the molecule is NNc1nc(OC2CCCCC2)c2ccccc2n1. The number of nitrogens with one attached hydrogen (secondary N) is 1. The van der Waals surface area contributed by atoms with E-state index in [0.717, 1.165) is 23.7 Å². The topological polar surface area (TPSA) is 73.1 Å². The number of hydrazine groups is 1. The van der Waals surface area contributed by atoms with Crippen molar-refractivity contribution in [3.05, 3.63) is 24.3 Å². The summed E-state index contributed by atoms with van der Waals surface area (Å²) >= 11 is 0. The van der Waals surface area contributed by atoms with Gasteiger partial charge in [-0.2, -0.15) is 4.98 Å². The molecule has 1 aromatic heterocycles. The number of aromatic nitrogens is 2. The quantitative estimate of drug-likeness (QED) is 0.654. The van der Waals surface area contributed by atoms with E-state index in [1.807, 2.05) is 24.3 Å². The summed E-state index contributed by atoms with van der Waals surface area (Å²) in [5.41, 5.74) is 3.34. The van der Waals surface area contributed by atoms with Crippen molar-refractivity contribution < 1.29 is 4.74 Å². The molecule has 0 spiro atoms. The molecule has 100 valence electrons. The summed E-state index contributed by atoms with van der Waals surface area (Å²) in [6.07, 6.45) is 6.23. The van der Waals surface area contributed by atoms with Crippen LogP contribution in [0.3, 0.4) is 0 Å². The first-order valence-corrected chi connectivity index (χ1v) is 6.77. The molecule has 3 rings (SSSR count). The third-order valence-electron chi connectivity index (χ3n) is 3.53. The lowest BCUT2D eigenvalue weighted by molar-refractivity contribution is 0.151.